The molecule has 4 heteroatoms. The average Bonchev–Trinajstić information content (AvgIpc) is 2.82. The Hall–Kier alpha value is -2.12. The first-order chi connectivity index (χ1) is 8.38. The average molecular weight is 225 g/mol. The van der Waals surface area contributed by atoms with Crippen LogP contribution in [0.1, 0.15) is 16.8 Å². The molecule has 1 aliphatic rings. The summed E-state index contributed by atoms with van der Waals surface area (Å²) in [6.07, 6.45) is 2.80. The number of aromatic nitrogens is 2. The van der Waals surface area contributed by atoms with Gasteiger partial charge in [0.2, 0.25) is 0 Å². The smallest absolute Gasteiger partial charge is 0.0992 e. The Labute approximate surface area is 99.1 Å². The van der Waals surface area contributed by atoms with Crippen LogP contribution in [0.5, 0.6) is 0 Å². The van der Waals surface area contributed by atoms with Crippen LogP contribution in [0, 0.1) is 11.3 Å². The van der Waals surface area contributed by atoms with E-state index in [-0.39, 0.29) is 0 Å². The van der Waals surface area contributed by atoms with Crippen molar-refractivity contribution < 1.29 is 4.74 Å². The summed E-state index contributed by atoms with van der Waals surface area (Å²) in [4.78, 5) is 0. The van der Waals surface area contributed by atoms with Crippen molar-refractivity contribution >= 4 is 0 Å². The van der Waals surface area contributed by atoms with Crippen LogP contribution in [0.2, 0.25) is 0 Å². The van der Waals surface area contributed by atoms with Crippen molar-refractivity contribution in [2.75, 3.05) is 6.61 Å². The predicted octanol–water partition coefficient (Wildman–Crippen LogP) is 1.82. The van der Waals surface area contributed by atoms with Gasteiger partial charge in [-0.05, 0) is 30.2 Å². The third kappa shape index (κ3) is 1.71. The molecule has 0 saturated heterocycles. The van der Waals surface area contributed by atoms with Crippen molar-refractivity contribution in [2.45, 2.75) is 13.0 Å². The highest BCUT2D eigenvalue weighted by Gasteiger charge is 2.16. The topological polar surface area (TPSA) is 50.8 Å². The lowest BCUT2D eigenvalue weighted by Crippen LogP contribution is -2.12. The first kappa shape index (κ1) is 10.1. The van der Waals surface area contributed by atoms with Gasteiger partial charge in [-0.3, -0.25) is 0 Å². The van der Waals surface area contributed by atoms with E-state index in [4.69, 9.17) is 10.00 Å². The minimum Gasteiger partial charge on any atom is -0.375 e. The number of hydrogen-bond donors (Lipinski definition) is 0. The van der Waals surface area contributed by atoms with Crippen LogP contribution < -0.4 is 0 Å². The summed E-state index contributed by atoms with van der Waals surface area (Å²) >= 11 is 0. The van der Waals surface area contributed by atoms with Crippen LogP contribution in [0.25, 0.3) is 5.69 Å². The largest absolute Gasteiger partial charge is 0.375 e. The van der Waals surface area contributed by atoms with Crippen LogP contribution in [0.15, 0.2) is 30.5 Å². The Morgan fingerprint density at radius 2 is 2.35 bits per heavy atom. The number of ether oxygens (including phenoxy) is 1. The third-order valence-electron chi connectivity index (χ3n) is 2.93. The van der Waals surface area contributed by atoms with Gasteiger partial charge in [0.1, 0.15) is 0 Å². The van der Waals surface area contributed by atoms with Gasteiger partial charge in [-0.25, -0.2) is 4.68 Å². The maximum absolute atomic E-state index is 8.89. The molecule has 0 spiro atoms. The first-order valence-electron chi connectivity index (χ1n) is 5.52. The molecule has 0 radical (unpaired) electrons. The second kappa shape index (κ2) is 4.04. The highest BCUT2D eigenvalue weighted by atomic mass is 16.5. The lowest BCUT2D eigenvalue weighted by atomic mass is 10.1. The fraction of sp³-hybridized carbons (Fsp3) is 0.231. The summed E-state index contributed by atoms with van der Waals surface area (Å²) in [7, 11) is 0. The molecule has 0 amide bonds. The van der Waals surface area contributed by atoms with Crippen molar-refractivity contribution in [2.24, 2.45) is 0 Å². The molecular formula is C13H11N3O. The lowest BCUT2D eigenvalue weighted by molar-refractivity contribution is 0.106. The van der Waals surface area contributed by atoms with Gasteiger partial charge in [0, 0.05) is 0 Å². The minimum atomic E-state index is 0.589. The summed E-state index contributed by atoms with van der Waals surface area (Å²) < 4.78 is 7.30. The Kier molecular flexibility index (Phi) is 2.39. The molecule has 0 fully saturated rings. The monoisotopic (exact) mass is 225 g/mol. The van der Waals surface area contributed by atoms with E-state index in [2.05, 4.69) is 11.2 Å². The summed E-state index contributed by atoms with van der Waals surface area (Å²) in [5.74, 6) is 0. The Bertz CT molecular complexity index is 595. The van der Waals surface area contributed by atoms with E-state index in [1.54, 1.807) is 6.07 Å². The van der Waals surface area contributed by atoms with Crippen LogP contribution in [0.4, 0.5) is 0 Å². The van der Waals surface area contributed by atoms with Gasteiger partial charge >= 0.3 is 0 Å². The number of rotatable bonds is 1. The Morgan fingerprint density at radius 1 is 1.41 bits per heavy atom. The lowest BCUT2D eigenvalue weighted by Gasteiger charge is -2.14. The molecule has 1 aromatic carbocycles. The van der Waals surface area contributed by atoms with E-state index in [9.17, 15) is 0 Å². The van der Waals surface area contributed by atoms with Gasteiger partial charge in [0.15, 0.2) is 0 Å². The highest BCUT2D eigenvalue weighted by molar-refractivity contribution is 5.42. The van der Waals surface area contributed by atoms with Gasteiger partial charge in [-0.2, -0.15) is 10.4 Å². The first-order valence-corrected chi connectivity index (χ1v) is 5.52. The van der Waals surface area contributed by atoms with Gasteiger partial charge in [-0.15, -0.1) is 0 Å². The van der Waals surface area contributed by atoms with Crippen LogP contribution in [-0.2, 0) is 17.8 Å². The SMILES string of the molecule is N#Cc1cccc(-n2ncc3c2COCC3)c1. The normalized spacial score (nSPS) is 14.1. The van der Waals surface area contributed by atoms with E-state index < -0.39 is 0 Å². The van der Waals surface area contributed by atoms with Crippen molar-refractivity contribution in [3.05, 3.63) is 47.3 Å². The second-order valence-electron chi connectivity index (χ2n) is 3.99. The molecule has 0 saturated carbocycles. The zero-order chi connectivity index (χ0) is 11.7. The summed E-state index contributed by atoms with van der Waals surface area (Å²) in [6.45, 7) is 1.35. The van der Waals surface area contributed by atoms with Crippen LogP contribution in [-0.4, -0.2) is 16.4 Å². The molecule has 0 unspecified atom stereocenters. The number of nitriles is 1. The molecule has 2 aromatic rings. The Morgan fingerprint density at radius 3 is 3.24 bits per heavy atom. The van der Waals surface area contributed by atoms with E-state index >= 15 is 0 Å². The second-order valence-corrected chi connectivity index (χ2v) is 3.99. The Balaban J connectivity index is 2.09. The molecule has 84 valence electrons. The molecule has 0 N–H and O–H groups in total. The van der Waals surface area contributed by atoms with Crippen molar-refractivity contribution in [1.82, 2.24) is 9.78 Å². The molecule has 3 rings (SSSR count). The molecule has 17 heavy (non-hydrogen) atoms. The molecular weight excluding hydrogens is 214 g/mol. The quantitative estimate of drug-likeness (QED) is 0.743. The minimum absolute atomic E-state index is 0.589. The van der Waals surface area contributed by atoms with E-state index in [1.807, 2.05) is 29.1 Å². The summed E-state index contributed by atoms with van der Waals surface area (Å²) in [5, 5.41) is 13.3. The zero-order valence-electron chi connectivity index (χ0n) is 9.26. The number of benzene rings is 1. The molecule has 0 atom stereocenters. The molecule has 2 heterocycles. The van der Waals surface area contributed by atoms with Gasteiger partial charge in [0.25, 0.3) is 0 Å². The number of hydrogen-bond acceptors (Lipinski definition) is 3. The molecule has 1 aromatic heterocycles. The molecule has 0 bridgehead atoms. The number of nitrogens with zero attached hydrogens (tertiary/aromatic N) is 3. The van der Waals surface area contributed by atoms with E-state index in [1.165, 1.54) is 5.56 Å². The highest BCUT2D eigenvalue weighted by Crippen LogP contribution is 2.20. The van der Waals surface area contributed by atoms with E-state index in [0.29, 0.717) is 12.2 Å². The predicted molar refractivity (Wildman–Crippen MR) is 61.6 cm³/mol. The summed E-state index contributed by atoms with van der Waals surface area (Å²) in [5.41, 5.74) is 3.88. The summed E-state index contributed by atoms with van der Waals surface area (Å²) in [6, 6.07) is 9.57. The standard InChI is InChI=1S/C13H11N3O/c14-7-10-2-1-3-12(6-10)16-13-9-17-5-4-11(13)8-15-16/h1-3,6,8H,4-5,9H2. The molecule has 1 aliphatic heterocycles. The molecule has 4 nitrogen and oxygen atoms in total. The van der Waals surface area contributed by atoms with Gasteiger partial charge in [-0.1, -0.05) is 6.07 Å². The maximum Gasteiger partial charge on any atom is 0.0992 e. The van der Waals surface area contributed by atoms with Crippen molar-refractivity contribution in [1.29, 1.82) is 5.26 Å². The zero-order valence-corrected chi connectivity index (χ0v) is 9.26. The van der Waals surface area contributed by atoms with Gasteiger partial charge < -0.3 is 4.74 Å². The fourth-order valence-electron chi connectivity index (χ4n) is 2.05. The number of fused-ring (bicyclic) bond motifs is 1. The molecule has 0 aliphatic carbocycles. The van der Waals surface area contributed by atoms with Crippen LogP contribution in [0.3, 0.4) is 0 Å². The van der Waals surface area contributed by atoms with Gasteiger partial charge in [0.05, 0.1) is 42.4 Å². The fourth-order valence-corrected chi connectivity index (χ4v) is 2.05. The van der Waals surface area contributed by atoms with Crippen molar-refractivity contribution in [3.63, 3.8) is 0 Å². The third-order valence-corrected chi connectivity index (χ3v) is 2.93. The van der Waals surface area contributed by atoms with E-state index in [0.717, 1.165) is 24.4 Å². The van der Waals surface area contributed by atoms with Crippen LogP contribution >= 0.6 is 0 Å². The van der Waals surface area contributed by atoms with Crippen molar-refractivity contribution in [3.8, 4) is 11.8 Å². The maximum atomic E-state index is 8.89.